The van der Waals surface area contributed by atoms with Crippen molar-refractivity contribution in [3.8, 4) is 0 Å². The van der Waals surface area contributed by atoms with E-state index in [1.807, 2.05) is 18.5 Å². The van der Waals surface area contributed by atoms with E-state index in [0.29, 0.717) is 19.4 Å². The quantitative estimate of drug-likeness (QED) is 0.887. The number of nitrogens with one attached hydrogen (secondary N) is 1. The lowest BCUT2D eigenvalue weighted by molar-refractivity contribution is -0.121. The monoisotopic (exact) mass is 289 g/mol. The Morgan fingerprint density at radius 3 is 2.71 bits per heavy atom. The van der Waals surface area contributed by atoms with Gasteiger partial charge in [0, 0.05) is 31.9 Å². The van der Waals surface area contributed by atoms with Crippen LogP contribution in [0.25, 0.3) is 0 Å². The molecule has 0 saturated carbocycles. The third kappa shape index (κ3) is 4.41. The number of amides is 1. The average molecular weight is 289 g/mol. The maximum atomic E-state index is 12.9. The molecule has 2 rings (SSSR count). The van der Waals surface area contributed by atoms with Crippen molar-refractivity contribution in [3.05, 3.63) is 53.9 Å². The first kappa shape index (κ1) is 15.2. The van der Waals surface area contributed by atoms with Gasteiger partial charge in [0.05, 0.1) is 6.33 Å². The summed E-state index contributed by atoms with van der Waals surface area (Å²) in [6.45, 7) is 2.56. The van der Waals surface area contributed by atoms with Crippen molar-refractivity contribution in [1.82, 2.24) is 14.9 Å². The summed E-state index contributed by atoms with van der Waals surface area (Å²) in [5.41, 5.74) is 2.06. The van der Waals surface area contributed by atoms with Crippen LogP contribution in [0.2, 0.25) is 0 Å². The smallest absolute Gasteiger partial charge is 0.220 e. The highest BCUT2D eigenvalue weighted by Gasteiger charge is 2.09. The minimum atomic E-state index is -0.244. The van der Waals surface area contributed by atoms with Crippen LogP contribution in [0.15, 0.2) is 36.8 Å². The highest BCUT2D eigenvalue weighted by atomic mass is 19.1. The molecule has 5 heteroatoms. The molecule has 0 bridgehead atoms. The first-order valence-corrected chi connectivity index (χ1v) is 7.03. The summed E-state index contributed by atoms with van der Waals surface area (Å²) in [5.74, 6) is -0.0671. The first-order valence-electron chi connectivity index (χ1n) is 7.03. The number of hydrogen-bond donors (Lipinski definition) is 1. The molecule has 0 aliphatic rings. The zero-order valence-corrected chi connectivity index (χ0v) is 12.3. The van der Waals surface area contributed by atoms with Crippen LogP contribution in [-0.2, 0) is 18.3 Å². The third-order valence-corrected chi connectivity index (χ3v) is 3.57. The van der Waals surface area contributed by atoms with E-state index in [-0.39, 0.29) is 17.6 Å². The zero-order valence-electron chi connectivity index (χ0n) is 12.3. The van der Waals surface area contributed by atoms with Crippen LogP contribution in [0.3, 0.4) is 0 Å². The maximum Gasteiger partial charge on any atom is 0.220 e. The second-order valence-electron chi connectivity index (χ2n) is 5.25. The Morgan fingerprint density at radius 1 is 1.38 bits per heavy atom. The van der Waals surface area contributed by atoms with Gasteiger partial charge in [0.2, 0.25) is 5.91 Å². The van der Waals surface area contributed by atoms with Crippen LogP contribution >= 0.6 is 0 Å². The largest absolute Gasteiger partial charge is 0.355 e. The summed E-state index contributed by atoms with van der Waals surface area (Å²) in [4.78, 5) is 15.9. The van der Waals surface area contributed by atoms with Gasteiger partial charge >= 0.3 is 0 Å². The minimum Gasteiger partial charge on any atom is -0.355 e. The summed E-state index contributed by atoms with van der Waals surface area (Å²) in [7, 11) is 1.91. The Kier molecular flexibility index (Phi) is 5.09. The normalized spacial score (nSPS) is 12.1. The van der Waals surface area contributed by atoms with Crippen LogP contribution in [0.1, 0.15) is 30.5 Å². The number of rotatable bonds is 6. The number of nitrogens with zero attached hydrogens (tertiary/aromatic N) is 2. The highest BCUT2D eigenvalue weighted by Crippen LogP contribution is 2.14. The Balaban J connectivity index is 1.76. The minimum absolute atomic E-state index is 0.0187. The molecular formula is C16H20FN3O. The van der Waals surface area contributed by atoms with Crippen molar-refractivity contribution in [2.75, 3.05) is 6.54 Å². The molecule has 0 radical (unpaired) electrons. The molecule has 1 aromatic carbocycles. The van der Waals surface area contributed by atoms with Gasteiger partial charge in [-0.2, -0.15) is 0 Å². The lowest BCUT2D eigenvalue weighted by atomic mass is 10.0. The Bertz CT molecular complexity index is 592. The summed E-state index contributed by atoms with van der Waals surface area (Å²) >= 11 is 0. The average Bonchev–Trinajstić information content (AvgIpc) is 2.88. The lowest BCUT2D eigenvalue weighted by Crippen LogP contribution is -2.27. The van der Waals surface area contributed by atoms with E-state index < -0.39 is 0 Å². The van der Waals surface area contributed by atoms with Gasteiger partial charge in [-0.3, -0.25) is 4.79 Å². The molecular weight excluding hydrogens is 269 g/mol. The lowest BCUT2D eigenvalue weighted by Gasteiger charge is -2.13. The summed E-state index contributed by atoms with van der Waals surface area (Å²) in [5, 5.41) is 2.92. The van der Waals surface area contributed by atoms with Gasteiger partial charge < -0.3 is 9.88 Å². The molecule has 1 aromatic heterocycles. The highest BCUT2D eigenvalue weighted by molar-refractivity contribution is 5.76. The predicted octanol–water partition coefficient (Wildman–Crippen LogP) is 2.41. The molecule has 21 heavy (non-hydrogen) atoms. The third-order valence-electron chi connectivity index (χ3n) is 3.57. The molecule has 1 amide bonds. The Morgan fingerprint density at radius 2 is 2.10 bits per heavy atom. The topological polar surface area (TPSA) is 46.9 Å². The van der Waals surface area contributed by atoms with Crippen molar-refractivity contribution >= 4 is 5.91 Å². The van der Waals surface area contributed by atoms with Crippen molar-refractivity contribution in [2.24, 2.45) is 7.05 Å². The molecule has 1 N–H and O–H groups in total. The van der Waals surface area contributed by atoms with Gasteiger partial charge in [-0.25, -0.2) is 9.37 Å². The van der Waals surface area contributed by atoms with Gasteiger partial charge in [0.15, 0.2) is 0 Å². The number of carbonyl (C=O) groups excluding carboxylic acids is 1. The second kappa shape index (κ2) is 7.02. The van der Waals surface area contributed by atoms with Gasteiger partial charge in [-0.05, 0) is 30.0 Å². The molecule has 0 fully saturated rings. The van der Waals surface area contributed by atoms with E-state index in [1.54, 1.807) is 24.7 Å². The van der Waals surface area contributed by atoms with Crippen molar-refractivity contribution in [2.45, 2.75) is 25.7 Å². The fourth-order valence-electron chi connectivity index (χ4n) is 2.13. The van der Waals surface area contributed by atoms with E-state index in [1.165, 1.54) is 12.1 Å². The fourth-order valence-corrected chi connectivity index (χ4v) is 2.13. The summed E-state index contributed by atoms with van der Waals surface area (Å²) < 4.78 is 14.8. The van der Waals surface area contributed by atoms with E-state index in [2.05, 4.69) is 10.3 Å². The molecule has 1 heterocycles. The fraction of sp³-hybridized carbons (Fsp3) is 0.375. The number of hydrogen-bond acceptors (Lipinski definition) is 2. The molecule has 0 aliphatic heterocycles. The van der Waals surface area contributed by atoms with E-state index in [4.69, 9.17) is 0 Å². The molecule has 0 saturated heterocycles. The number of carbonyl (C=O) groups is 1. The van der Waals surface area contributed by atoms with Crippen molar-refractivity contribution < 1.29 is 9.18 Å². The first-order chi connectivity index (χ1) is 10.1. The predicted molar refractivity (Wildman–Crippen MR) is 79.4 cm³/mol. The molecule has 1 atom stereocenters. The SMILES string of the molecule is C[C@@H](CNC(=O)CCc1cncn1C)c1ccc(F)cc1. The molecule has 4 nitrogen and oxygen atoms in total. The Labute approximate surface area is 124 Å². The molecule has 0 spiro atoms. The maximum absolute atomic E-state index is 12.9. The number of halogens is 1. The standard InChI is InChI=1S/C16H20FN3O/c1-12(13-3-5-14(17)6-4-13)9-19-16(21)8-7-15-10-18-11-20(15)2/h3-6,10-12H,7-9H2,1-2H3,(H,19,21)/t12-/m0/s1. The van der Waals surface area contributed by atoms with E-state index in [9.17, 15) is 9.18 Å². The number of aromatic nitrogens is 2. The van der Waals surface area contributed by atoms with Crippen LogP contribution < -0.4 is 5.32 Å². The second-order valence-corrected chi connectivity index (χ2v) is 5.25. The number of imidazole rings is 1. The molecule has 0 aliphatic carbocycles. The van der Waals surface area contributed by atoms with Crippen LogP contribution in [0, 0.1) is 5.82 Å². The Hall–Kier alpha value is -2.17. The van der Waals surface area contributed by atoms with Crippen LogP contribution in [0.4, 0.5) is 4.39 Å². The number of aryl methyl sites for hydroxylation is 2. The molecule has 112 valence electrons. The van der Waals surface area contributed by atoms with Crippen LogP contribution in [-0.4, -0.2) is 22.0 Å². The van der Waals surface area contributed by atoms with E-state index >= 15 is 0 Å². The van der Waals surface area contributed by atoms with Crippen molar-refractivity contribution in [3.63, 3.8) is 0 Å². The van der Waals surface area contributed by atoms with Gasteiger partial charge in [0.1, 0.15) is 5.82 Å². The van der Waals surface area contributed by atoms with Gasteiger partial charge in [-0.1, -0.05) is 19.1 Å². The summed E-state index contributed by atoms with van der Waals surface area (Å²) in [6, 6.07) is 6.38. The zero-order chi connectivity index (χ0) is 15.2. The summed E-state index contributed by atoms with van der Waals surface area (Å²) in [6.07, 6.45) is 4.61. The van der Waals surface area contributed by atoms with Crippen molar-refractivity contribution in [1.29, 1.82) is 0 Å². The van der Waals surface area contributed by atoms with Gasteiger partial charge in [0.25, 0.3) is 0 Å². The molecule has 2 aromatic rings. The molecule has 0 unspecified atom stereocenters. The van der Waals surface area contributed by atoms with Crippen LogP contribution in [0.5, 0.6) is 0 Å². The number of benzene rings is 1. The van der Waals surface area contributed by atoms with Gasteiger partial charge in [-0.15, -0.1) is 0 Å². The van der Waals surface area contributed by atoms with E-state index in [0.717, 1.165) is 11.3 Å².